The Morgan fingerprint density at radius 2 is 1.61 bits per heavy atom. The molecule has 166 valence electrons. The highest BCUT2D eigenvalue weighted by Gasteiger charge is 2.10. The third kappa shape index (κ3) is 8.19. The van der Waals surface area contributed by atoms with Crippen LogP contribution in [0.1, 0.15) is 11.1 Å². The number of phenols is 1. The number of nitrogens with zero attached hydrogens (tertiary/aromatic N) is 3. The van der Waals surface area contributed by atoms with Gasteiger partial charge in [0, 0.05) is 31.0 Å². The SMILES string of the molecule is COc1ccc(-c2nccn2Cc2ccc(CN(C)C)cc2)cc1O.O=CO.O=CO. The number of aromatic nitrogens is 2. The monoisotopic (exact) mass is 429 g/mol. The summed E-state index contributed by atoms with van der Waals surface area (Å²) in [6, 6.07) is 13.9. The van der Waals surface area contributed by atoms with Crippen molar-refractivity contribution in [2.24, 2.45) is 0 Å². The number of carbonyl (C=O) groups is 2. The summed E-state index contributed by atoms with van der Waals surface area (Å²) in [7, 11) is 5.67. The van der Waals surface area contributed by atoms with Crippen LogP contribution in [0.25, 0.3) is 11.4 Å². The molecule has 0 atom stereocenters. The molecule has 31 heavy (non-hydrogen) atoms. The minimum atomic E-state index is -0.250. The van der Waals surface area contributed by atoms with Crippen LogP contribution in [0.15, 0.2) is 54.9 Å². The van der Waals surface area contributed by atoms with Crippen molar-refractivity contribution in [1.29, 1.82) is 0 Å². The molecule has 9 heteroatoms. The van der Waals surface area contributed by atoms with Crippen LogP contribution in [0.4, 0.5) is 0 Å². The second-order valence-electron chi connectivity index (χ2n) is 6.53. The van der Waals surface area contributed by atoms with E-state index < -0.39 is 0 Å². The zero-order valence-electron chi connectivity index (χ0n) is 17.7. The van der Waals surface area contributed by atoms with Gasteiger partial charge in [-0.25, -0.2) is 4.98 Å². The zero-order valence-corrected chi connectivity index (χ0v) is 17.7. The Morgan fingerprint density at radius 3 is 2.13 bits per heavy atom. The maximum absolute atomic E-state index is 10.0. The average molecular weight is 429 g/mol. The molecule has 0 saturated carbocycles. The second kappa shape index (κ2) is 13.4. The number of imidazole rings is 1. The topological polar surface area (TPSA) is 125 Å². The maximum Gasteiger partial charge on any atom is 0.290 e. The van der Waals surface area contributed by atoms with Crippen molar-refractivity contribution < 1.29 is 29.6 Å². The van der Waals surface area contributed by atoms with Crippen LogP contribution in [0.2, 0.25) is 0 Å². The summed E-state index contributed by atoms with van der Waals surface area (Å²) in [5, 5.41) is 23.8. The first-order valence-corrected chi connectivity index (χ1v) is 9.16. The molecule has 2 aromatic carbocycles. The van der Waals surface area contributed by atoms with Crippen LogP contribution >= 0.6 is 0 Å². The summed E-state index contributed by atoms with van der Waals surface area (Å²) in [4.78, 5) is 23.3. The van der Waals surface area contributed by atoms with E-state index in [-0.39, 0.29) is 18.7 Å². The fourth-order valence-electron chi connectivity index (χ4n) is 2.84. The lowest BCUT2D eigenvalue weighted by molar-refractivity contribution is -0.123. The number of methoxy groups -OCH3 is 1. The Hall–Kier alpha value is -3.85. The number of phenolic OH excluding ortho intramolecular Hbond substituents is 1. The Bertz CT molecular complexity index is 933. The van der Waals surface area contributed by atoms with E-state index in [1.165, 1.54) is 18.2 Å². The van der Waals surface area contributed by atoms with Crippen LogP contribution < -0.4 is 4.74 Å². The highest BCUT2D eigenvalue weighted by atomic mass is 16.5. The van der Waals surface area contributed by atoms with Crippen molar-refractivity contribution in [2.75, 3.05) is 21.2 Å². The smallest absolute Gasteiger partial charge is 0.290 e. The molecule has 9 nitrogen and oxygen atoms in total. The van der Waals surface area contributed by atoms with Crippen molar-refractivity contribution in [3.8, 4) is 22.9 Å². The van der Waals surface area contributed by atoms with Gasteiger partial charge in [0.05, 0.1) is 7.11 Å². The molecule has 0 aliphatic carbocycles. The minimum Gasteiger partial charge on any atom is -0.504 e. The molecule has 3 rings (SSSR count). The van der Waals surface area contributed by atoms with E-state index in [0.717, 1.165) is 24.5 Å². The number of aromatic hydroxyl groups is 1. The molecule has 0 bridgehead atoms. The van der Waals surface area contributed by atoms with Gasteiger partial charge in [-0.1, -0.05) is 24.3 Å². The van der Waals surface area contributed by atoms with E-state index in [2.05, 4.69) is 52.8 Å². The lowest BCUT2D eigenvalue weighted by Crippen LogP contribution is -2.10. The van der Waals surface area contributed by atoms with Gasteiger partial charge in [0.2, 0.25) is 0 Å². The van der Waals surface area contributed by atoms with E-state index in [1.807, 2.05) is 12.3 Å². The minimum absolute atomic E-state index is 0.114. The first-order valence-electron chi connectivity index (χ1n) is 9.16. The molecule has 3 aromatic rings. The highest BCUT2D eigenvalue weighted by molar-refractivity contribution is 5.61. The largest absolute Gasteiger partial charge is 0.504 e. The molecule has 1 heterocycles. The molecule has 0 unspecified atom stereocenters. The van der Waals surface area contributed by atoms with Crippen LogP contribution in [-0.2, 0) is 22.7 Å². The average Bonchev–Trinajstić information content (AvgIpc) is 3.18. The summed E-state index contributed by atoms with van der Waals surface area (Å²) in [6.45, 7) is 1.16. The van der Waals surface area contributed by atoms with Crippen LogP contribution in [0.3, 0.4) is 0 Å². The van der Waals surface area contributed by atoms with Crippen molar-refractivity contribution >= 4 is 12.9 Å². The van der Waals surface area contributed by atoms with Gasteiger partial charge in [-0.05, 0) is 43.4 Å². The molecule has 0 aliphatic rings. The predicted octanol–water partition coefficient (Wildman–Crippen LogP) is 2.78. The summed E-state index contributed by atoms with van der Waals surface area (Å²) in [5.41, 5.74) is 3.35. The molecule has 0 spiro atoms. The number of hydrogen-bond acceptors (Lipinski definition) is 6. The summed E-state index contributed by atoms with van der Waals surface area (Å²) in [5.74, 6) is 1.39. The third-order valence-corrected chi connectivity index (χ3v) is 4.03. The number of ether oxygens (including phenoxy) is 1. The molecule has 0 saturated heterocycles. The fraction of sp³-hybridized carbons (Fsp3) is 0.227. The molecule has 1 aromatic heterocycles. The van der Waals surface area contributed by atoms with Crippen molar-refractivity contribution in [3.63, 3.8) is 0 Å². The highest BCUT2D eigenvalue weighted by Crippen LogP contribution is 2.30. The normalized spacial score (nSPS) is 9.68. The molecule has 0 fully saturated rings. The number of rotatable bonds is 6. The van der Waals surface area contributed by atoms with Gasteiger partial charge in [0.1, 0.15) is 5.82 Å². The van der Waals surface area contributed by atoms with E-state index in [1.54, 1.807) is 18.3 Å². The van der Waals surface area contributed by atoms with Crippen LogP contribution in [-0.4, -0.2) is 63.9 Å². The quantitative estimate of drug-likeness (QED) is 0.511. The van der Waals surface area contributed by atoms with Gasteiger partial charge < -0.3 is 29.5 Å². The van der Waals surface area contributed by atoms with Gasteiger partial charge >= 0.3 is 0 Å². The number of carboxylic acid groups (broad SMARTS) is 2. The lowest BCUT2D eigenvalue weighted by atomic mass is 10.1. The van der Waals surface area contributed by atoms with Gasteiger partial charge in [-0.15, -0.1) is 0 Å². The first kappa shape index (κ1) is 25.2. The lowest BCUT2D eigenvalue weighted by Gasteiger charge is -2.12. The standard InChI is InChI=1S/C20H23N3O2.2CH2O2/c1-22(2)13-15-4-6-16(7-5-15)14-23-11-10-21-20(23)17-8-9-19(25-3)18(24)12-17;2*2-1-3/h4-12,24H,13-14H2,1-3H3;2*1H,(H,2,3). The van der Waals surface area contributed by atoms with Gasteiger partial charge in [0.15, 0.2) is 11.5 Å². The summed E-state index contributed by atoms with van der Waals surface area (Å²) in [6.07, 6.45) is 3.72. The van der Waals surface area contributed by atoms with Crippen molar-refractivity contribution in [2.45, 2.75) is 13.1 Å². The second-order valence-corrected chi connectivity index (χ2v) is 6.53. The maximum atomic E-state index is 10.0. The Morgan fingerprint density at radius 1 is 1.03 bits per heavy atom. The van der Waals surface area contributed by atoms with E-state index in [4.69, 9.17) is 24.5 Å². The zero-order chi connectivity index (χ0) is 23.2. The van der Waals surface area contributed by atoms with Crippen LogP contribution in [0, 0.1) is 0 Å². The van der Waals surface area contributed by atoms with Gasteiger partial charge in [0.25, 0.3) is 12.9 Å². The number of benzene rings is 2. The van der Waals surface area contributed by atoms with Gasteiger partial charge in [-0.3, -0.25) is 9.59 Å². The number of hydrogen-bond donors (Lipinski definition) is 3. The van der Waals surface area contributed by atoms with E-state index >= 15 is 0 Å². The summed E-state index contributed by atoms with van der Waals surface area (Å²) >= 11 is 0. The van der Waals surface area contributed by atoms with Crippen molar-refractivity contribution in [3.05, 3.63) is 66.0 Å². The molecule has 0 radical (unpaired) electrons. The first-order chi connectivity index (χ1) is 14.9. The molecule has 3 N–H and O–H groups in total. The molecule has 0 amide bonds. The predicted molar refractivity (Wildman–Crippen MR) is 116 cm³/mol. The Balaban J connectivity index is 0.000000720. The fourth-order valence-corrected chi connectivity index (χ4v) is 2.84. The van der Waals surface area contributed by atoms with E-state index in [0.29, 0.717) is 5.75 Å². The van der Waals surface area contributed by atoms with Crippen molar-refractivity contribution in [1.82, 2.24) is 14.5 Å². The Labute approximate surface area is 180 Å². The van der Waals surface area contributed by atoms with Crippen LogP contribution in [0.5, 0.6) is 11.5 Å². The Kier molecular flexibility index (Phi) is 10.9. The van der Waals surface area contributed by atoms with E-state index in [9.17, 15) is 5.11 Å². The van der Waals surface area contributed by atoms with Gasteiger partial charge in [-0.2, -0.15) is 0 Å². The molecular weight excluding hydrogens is 402 g/mol. The molecular formula is C22H27N3O6. The third-order valence-electron chi connectivity index (χ3n) is 4.03. The summed E-state index contributed by atoms with van der Waals surface area (Å²) < 4.78 is 7.17. The molecule has 0 aliphatic heterocycles.